The molecular formula is C16H26N2O5S. The maximum atomic E-state index is 11.9. The lowest BCUT2D eigenvalue weighted by molar-refractivity contribution is 0.128. The van der Waals surface area contributed by atoms with Crippen LogP contribution in [0, 0.1) is 0 Å². The normalized spacial score (nSPS) is 13.3. The fraction of sp³-hybridized carbons (Fsp3) is 0.562. The quantitative estimate of drug-likeness (QED) is 0.651. The Morgan fingerprint density at radius 2 is 1.88 bits per heavy atom. The van der Waals surface area contributed by atoms with Gasteiger partial charge in [-0.2, -0.15) is 0 Å². The van der Waals surface area contributed by atoms with E-state index in [2.05, 4.69) is 10.0 Å². The number of alkyl carbamates (subject to hydrolysis) is 1. The molecule has 0 saturated carbocycles. The van der Waals surface area contributed by atoms with Crippen LogP contribution in [0.4, 0.5) is 4.79 Å². The first kappa shape index (κ1) is 20.4. The van der Waals surface area contributed by atoms with Crippen LogP contribution in [-0.2, 0) is 21.4 Å². The number of aliphatic hydroxyl groups excluding tert-OH is 1. The van der Waals surface area contributed by atoms with Gasteiger partial charge < -0.3 is 15.2 Å². The Balaban J connectivity index is 2.42. The Kier molecular flexibility index (Phi) is 7.65. The Bertz CT molecular complexity index is 611. The van der Waals surface area contributed by atoms with Crippen LogP contribution in [0.1, 0.15) is 32.8 Å². The van der Waals surface area contributed by atoms with Crippen molar-refractivity contribution in [3.63, 3.8) is 0 Å². The van der Waals surface area contributed by atoms with Crippen LogP contribution in [0.2, 0.25) is 0 Å². The number of rotatable bonds is 8. The van der Waals surface area contributed by atoms with Gasteiger partial charge in [0.2, 0.25) is 10.0 Å². The van der Waals surface area contributed by atoms with Gasteiger partial charge in [0.05, 0.1) is 18.4 Å². The zero-order valence-electron chi connectivity index (χ0n) is 14.3. The smallest absolute Gasteiger partial charge is 0.407 e. The van der Waals surface area contributed by atoms with Crippen LogP contribution in [0.5, 0.6) is 0 Å². The highest BCUT2D eigenvalue weighted by molar-refractivity contribution is 7.89. The number of aliphatic hydroxyl groups is 1. The summed E-state index contributed by atoms with van der Waals surface area (Å²) < 4.78 is 31.4. The molecular weight excluding hydrogens is 332 g/mol. The van der Waals surface area contributed by atoms with E-state index in [-0.39, 0.29) is 25.4 Å². The molecule has 0 aliphatic rings. The first-order chi connectivity index (χ1) is 11.1. The summed E-state index contributed by atoms with van der Waals surface area (Å²) in [6.07, 6.45) is -0.610. The molecule has 1 rings (SSSR count). The number of ether oxygens (including phenoxy) is 1. The Morgan fingerprint density at radius 1 is 1.25 bits per heavy atom. The summed E-state index contributed by atoms with van der Waals surface area (Å²) in [6.45, 7) is 4.97. The third kappa shape index (κ3) is 8.85. The number of benzene rings is 1. The maximum absolute atomic E-state index is 11.9. The molecule has 0 aromatic heterocycles. The van der Waals surface area contributed by atoms with E-state index in [9.17, 15) is 18.3 Å². The van der Waals surface area contributed by atoms with Crippen LogP contribution in [0.25, 0.3) is 0 Å². The molecule has 7 nitrogen and oxygen atoms in total. The Morgan fingerprint density at radius 3 is 2.42 bits per heavy atom. The van der Waals surface area contributed by atoms with Gasteiger partial charge in [-0.05, 0) is 32.8 Å². The highest BCUT2D eigenvalue weighted by atomic mass is 32.2. The number of hydrogen-bond acceptors (Lipinski definition) is 5. The van der Waals surface area contributed by atoms with Gasteiger partial charge in [0, 0.05) is 5.54 Å². The number of amides is 1. The molecule has 3 N–H and O–H groups in total. The molecule has 136 valence electrons. The molecule has 1 unspecified atom stereocenters. The van der Waals surface area contributed by atoms with Crippen molar-refractivity contribution in [1.29, 1.82) is 0 Å². The summed E-state index contributed by atoms with van der Waals surface area (Å²) in [6, 6.07) is 8.48. The molecule has 0 saturated heterocycles. The van der Waals surface area contributed by atoms with E-state index >= 15 is 0 Å². The Hall–Kier alpha value is -1.64. The maximum Gasteiger partial charge on any atom is 0.407 e. The number of nitrogens with one attached hydrogen (secondary N) is 2. The van der Waals surface area contributed by atoms with Gasteiger partial charge in [0.1, 0.15) is 6.61 Å². The van der Waals surface area contributed by atoms with Crippen LogP contribution in [-0.4, -0.2) is 43.6 Å². The van der Waals surface area contributed by atoms with Crippen molar-refractivity contribution in [3.05, 3.63) is 35.9 Å². The highest BCUT2D eigenvalue weighted by Gasteiger charge is 2.22. The zero-order chi connectivity index (χ0) is 18.2. The highest BCUT2D eigenvalue weighted by Crippen LogP contribution is 2.05. The lowest BCUT2D eigenvalue weighted by Crippen LogP contribution is -2.44. The molecule has 1 atom stereocenters. The predicted octanol–water partition coefficient (Wildman–Crippen LogP) is 1.38. The molecule has 0 bridgehead atoms. The molecule has 8 heteroatoms. The first-order valence-corrected chi connectivity index (χ1v) is 9.36. The minimum atomic E-state index is -3.49. The molecule has 0 radical (unpaired) electrons. The zero-order valence-corrected chi connectivity index (χ0v) is 15.1. The van der Waals surface area contributed by atoms with Crippen LogP contribution < -0.4 is 10.0 Å². The van der Waals surface area contributed by atoms with E-state index in [1.807, 2.05) is 30.3 Å². The van der Waals surface area contributed by atoms with Crippen molar-refractivity contribution in [2.24, 2.45) is 0 Å². The minimum Gasteiger partial charge on any atom is -0.445 e. The van der Waals surface area contributed by atoms with Crippen LogP contribution in [0.15, 0.2) is 30.3 Å². The molecule has 0 fully saturated rings. The van der Waals surface area contributed by atoms with Crippen molar-refractivity contribution in [2.45, 2.75) is 45.4 Å². The predicted molar refractivity (Wildman–Crippen MR) is 91.9 cm³/mol. The largest absolute Gasteiger partial charge is 0.445 e. The van der Waals surface area contributed by atoms with Gasteiger partial charge in [-0.1, -0.05) is 30.3 Å². The number of sulfonamides is 1. The summed E-state index contributed by atoms with van der Waals surface area (Å²) in [5.74, 6) is -0.200. The molecule has 0 aliphatic heterocycles. The lowest BCUT2D eigenvalue weighted by Gasteiger charge is -2.21. The summed E-state index contributed by atoms with van der Waals surface area (Å²) in [5.41, 5.74) is 0.264. The number of carbonyl (C=O) groups is 1. The van der Waals surface area contributed by atoms with E-state index in [0.717, 1.165) is 5.56 Å². The molecule has 1 amide bonds. The van der Waals surface area contributed by atoms with E-state index < -0.39 is 27.7 Å². The van der Waals surface area contributed by atoms with Crippen molar-refractivity contribution >= 4 is 16.1 Å². The fourth-order valence-electron chi connectivity index (χ4n) is 1.96. The van der Waals surface area contributed by atoms with Gasteiger partial charge in [-0.3, -0.25) is 0 Å². The minimum absolute atomic E-state index is 0.0857. The average molecular weight is 358 g/mol. The SMILES string of the molecule is CC(C)(C)NS(=O)(=O)CCC(CO)NC(=O)OCc1ccccc1. The molecule has 24 heavy (non-hydrogen) atoms. The van der Waals surface area contributed by atoms with Crippen LogP contribution in [0.3, 0.4) is 0 Å². The average Bonchev–Trinajstić information content (AvgIpc) is 2.48. The molecule has 0 heterocycles. The second kappa shape index (κ2) is 9.00. The second-order valence-corrected chi connectivity index (χ2v) is 8.39. The lowest BCUT2D eigenvalue weighted by atomic mass is 10.1. The second-order valence-electron chi connectivity index (χ2n) is 6.55. The monoisotopic (exact) mass is 358 g/mol. The molecule has 1 aromatic carbocycles. The summed E-state index contributed by atoms with van der Waals surface area (Å²) >= 11 is 0. The van der Waals surface area contributed by atoms with E-state index in [0.29, 0.717) is 0 Å². The van der Waals surface area contributed by atoms with Gasteiger partial charge in [0.15, 0.2) is 0 Å². The summed E-state index contributed by atoms with van der Waals surface area (Å²) in [5, 5.41) is 11.8. The van der Waals surface area contributed by atoms with Crippen molar-refractivity contribution < 1.29 is 23.1 Å². The third-order valence-electron chi connectivity index (χ3n) is 2.95. The van der Waals surface area contributed by atoms with Crippen molar-refractivity contribution in [3.8, 4) is 0 Å². The number of hydrogen-bond donors (Lipinski definition) is 3. The Labute approximate surface area is 143 Å². The fourth-order valence-corrected chi connectivity index (χ4v) is 3.59. The van der Waals surface area contributed by atoms with Crippen molar-refractivity contribution in [1.82, 2.24) is 10.0 Å². The standard InChI is InChI=1S/C16H26N2O5S/c1-16(2,3)18-24(21,22)10-9-14(11-19)17-15(20)23-12-13-7-5-4-6-8-13/h4-8,14,18-19H,9-12H2,1-3H3,(H,17,20). The van der Waals surface area contributed by atoms with E-state index in [4.69, 9.17) is 4.74 Å². The van der Waals surface area contributed by atoms with Gasteiger partial charge >= 0.3 is 6.09 Å². The topological polar surface area (TPSA) is 105 Å². The summed E-state index contributed by atoms with van der Waals surface area (Å²) in [7, 11) is -3.49. The molecule has 0 aliphatic carbocycles. The van der Waals surface area contributed by atoms with Gasteiger partial charge in [0.25, 0.3) is 0 Å². The van der Waals surface area contributed by atoms with Gasteiger partial charge in [-0.25, -0.2) is 17.9 Å². The van der Waals surface area contributed by atoms with Gasteiger partial charge in [-0.15, -0.1) is 0 Å². The molecule has 0 spiro atoms. The van der Waals surface area contributed by atoms with E-state index in [1.165, 1.54) is 0 Å². The van der Waals surface area contributed by atoms with E-state index in [1.54, 1.807) is 20.8 Å². The number of carbonyl (C=O) groups excluding carboxylic acids is 1. The first-order valence-electron chi connectivity index (χ1n) is 7.71. The molecule has 1 aromatic rings. The van der Waals surface area contributed by atoms with Crippen LogP contribution >= 0.6 is 0 Å². The third-order valence-corrected chi connectivity index (χ3v) is 4.65. The summed E-state index contributed by atoms with van der Waals surface area (Å²) in [4.78, 5) is 11.7. The van der Waals surface area contributed by atoms with Crippen molar-refractivity contribution in [2.75, 3.05) is 12.4 Å².